The summed E-state index contributed by atoms with van der Waals surface area (Å²) in [7, 11) is -5.19. The van der Waals surface area contributed by atoms with E-state index in [1.165, 1.54) is 6.07 Å². The van der Waals surface area contributed by atoms with Gasteiger partial charge >= 0.3 is 35.8 Å². The molecule has 0 saturated carbocycles. The zero-order chi connectivity index (χ0) is 37.0. The predicted molar refractivity (Wildman–Crippen MR) is 150 cm³/mol. The van der Waals surface area contributed by atoms with Crippen molar-refractivity contribution < 1.29 is 71.1 Å². The van der Waals surface area contributed by atoms with Gasteiger partial charge in [0.2, 0.25) is 0 Å². The molecule has 0 saturated heterocycles. The van der Waals surface area contributed by atoms with E-state index in [0.29, 0.717) is 12.1 Å². The van der Waals surface area contributed by atoms with E-state index in [-0.39, 0.29) is 11.1 Å². The van der Waals surface area contributed by atoms with E-state index in [1.54, 1.807) is 26.2 Å². The van der Waals surface area contributed by atoms with Crippen LogP contribution in [0, 0.1) is 0 Å². The van der Waals surface area contributed by atoms with Gasteiger partial charge in [-0.15, -0.1) is 0 Å². The second kappa shape index (κ2) is 12.5. The number of alkyl halides is 13. The predicted octanol–water partition coefficient (Wildman–Crippen LogP) is 10.6. The first kappa shape index (κ1) is 42.2. The Morgan fingerprint density at radius 1 is 0.587 bits per heavy atom. The second-order valence-electron chi connectivity index (χ2n) is 14.0. The van der Waals surface area contributed by atoms with Gasteiger partial charge in [0.05, 0.1) is 13.2 Å². The van der Waals surface area contributed by atoms with Gasteiger partial charge in [-0.1, -0.05) is 52.8 Å². The first-order valence-electron chi connectivity index (χ1n) is 13.6. The molecule has 1 rings (SSSR count). The molecule has 1 aromatic rings. The highest BCUT2D eigenvalue weighted by Gasteiger charge is 2.91. The van der Waals surface area contributed by atoms with Gasteiger partial charge in [-0.05, 0) is 59.5 Å². The van der Waals surface area contributed by atoms with E-state index in [0.717, 1.165) is 0 Å². The van der Waals surface area contributed by atoms with Crippen molar-refractivity contribution in [3.05, 3.63) is 34.9 Å². The van der Waals surface area contributed by atoms with Crippen LogP contribution < -0.4 is 0 Å². The topological polar surface area (TPSA) is 51.0 Å². The molecule has 0 unspecified atom stereocenters. The van der Waals surface area contributed by atoms with Gasteiger partial charge in [-0.2, -0.15) is 57.1 Å². The minimum Gasteiger partial charge on any atom is -0.413 e. The van der Waals surface area contributed by atoms with Crippen LogP contribution in [0.2, 0.25) is 36.3 Å². The Morgan fingerprint density at radius 3 is 1.20 bits per heavy atom. The molecule has 0 heterocycles. The number of benzene rings is 1. The Bertz CT molecular complexity index is 1220. The van der Waals surface area contributed by atoms with Crippen LogP contribution in [0.1, 0.15) is 58.2 Å². The van der Waals surface area contributed by atoms with E-state index < -0.39 is 87.0 Å². The molecule has 19 heteroatoms. The van der Waals surface area contributed by atoms with Crippen LogP contribution in [0.4, 0.5) is 57.1 Å². The van der Waals surface area contributed by atoms with Crippen molar-refractivity contribution in [2.24, 2.45) is 5.16 Å². The molecule has 0 atom stereocenters. The van der Waals surface area contributed by atoms with Crippen LogP contribution in [-0.2, 0) is 22.1 Å². The zero-order valence-electron chi connectivity index (χ0n) is 26.8. The van der Waals surface area contributed by atoms with Crippen molar-refractivity contribution >= 4 is 22.3 Å². The monoisotopic (exact) mass is 727 g/mol. The number of nitrogens with zero attached hydrogens (tertiary/aromatic N) is 1. The van der Waals surface area contributed by atoms with Gasteiger partial charge in [0.15, 0.2) is 22.3 Å². The summed E-state index contributed by atoms with van der Waals surface area (Å²) in [6, 6.07) is 2.53. The molecule has 1 aromatic carbocycles. The molecule has 0 bridgehead atoms. The minimum atomic E-state index is -8.09. The Hall–Kier alpha value is -1.87. The minimum absolute atomic E-state index is 0.0860. The van der Waals surface area contributed by atoms with Gasteiger partial charge in [-0.25, -0.2) is 0 Å². The molecule has 0 radical (unpaired) electrons. The maximum atomic E-state index is 15.2. The fourth-order valence-corrected chi connectivity index (χ4v) is 5.17. The molecule has 0 spiro atoms. The summed E-state index contributed by atoms with van der Waals surface area (Å²) in [6.45, 7) is 17.4. The fraction of sp³-hybridized carbons (Fsp3) is 0.741. The largest absolute Gasteiger partial charge is 0.460 e. The number of oxime groups is 1. The molecule has 0 aromatic heterocycles. The number of halogens is 13. The Morgan fingerprint density at radius 2 is 0.913 bits per heavy atom. The van der Waals surface area contributed by atoms with Crippen LogP contribution in [0.15, 0.2) is 23.4 Å². The number of hydrogen-bond donors (Lipinski definition) is 1. The summed E-state index contributed by atoms with van der Waals surface area (Å²) in [6.07, 6.45) is -7.54. The lowest BCUT2D eigenvalue weighted by Crippen LogP contribution is -2.71. The third-order valence-corrected chi connectivity index (χ3v) is 17.4. The van der Waals surface area contributed by atoms with Crippen LogP contribution in [0.5, 0.6) is 0 Å². The molecule has 0 aliphatic heterocycles. The Balaban J connectivity index is 3.87. The average Bonchev–Trinajstić information content (AvgIpc) is 2.84. The van der Waals surface area contributed by atoms with Gasteiger partial charge in [0.25, 0.3) is 0 Å². The lowest BCUT2D eigenvalue weighted by atomic mass is 9.89. The normalized spacial score (nSPS) is 15.8. The highest BCUT2D eigenvalue weighted by atomic mass is 28.4. The van der Waals surface area contributed by atoms with Gasteiger partial charge in [0, 0.05) is 5.56 Å². The highest BCUT2D eigenvalue weighted by molar-refractivity contribution is 6.74. The summed E-state index contributed by atoms with van der Waals surface area (Å²) in [5.74, 6) is -38.4. The average molecular weight is 728 g/mol. The third kappa shape index (κ3) is 7.56. The first-order valence-corrected chi connectivity index (χ1v) is 19.4. The first-order chi connectivity index (χ1) is 20.0. The quantitative estimate of drug-likeness (QED) is 0.0767. The summed E-state index contributed by atoms with van der Waals surface area (Å²) < 4.78 is 192. The van der Waals surface area contributed by atoms with Crippen molar-refractivity contribution in [3.8, 4) is 0 Å². The summed E-state index contributed by atoms with van der Waals surface area (Å²) >= 11 is 0. The SMILES string of the molecule is CC(C)(C)[Si](C)(C)OCc1cc(CO[Si](C)(C)C(C)(C)C)cc(/C(=N/O)C(F)(F)C(F)(F)C(F)(F)C(F)(F)C(F)(F)C(F)(F)F)c1. The van der Waals surface area contributed by atoms with Crippen LogP contribution in [0.3, 0.4) is 0 Å². The van der Waals surface area contributed by atoms with Crippen LogP contribution in [-0.4, -0.2) is 63.3 Å². The molecular weight excluding hydrogens is 689 g/mol. The van der Waals surface area contributed by atoms with Crippen LogP contribution in [0.25, 0.3) is 0 Å². The summed E-state index contributed by atoms with van der Waals surface area (Å²) in [5.41, 5.74) is -4.17. The van der Waals surface area contributed by atoms with Gasteiger partial charge in [-0.3, -0.25) is 0 Å². The smallest absolute Gasteiger partial charge is 0.413 e. The van der Waals surface area contributed by atoms with E-state index in [9.17, 15) is 53.5 Å². The Kier molecular flexibility index (Phi) is 11.5. The number of hydrogen-bond acceptors (Lipinski definition) is 4. The third-order valence-electron chi connectivity index (χ3n) is 8.47. The lowest BCUT2D eigenvalue weighted by molar-refractivity contribution is -0.434. The van der Waals surface area contributed by atoms with Crippen molar-refractivity contribution in [1.82, 2.24) is 0 Å². The molecule has 0 aliphatic rings. The van der Waals surface area contributed by atoms with E-state index in [2.05, 4.69) is 0 Å². The Labute approximate surface area is 260 Å². The molecular formula is C27H38F13NO3Si2. The molecule has 0 amide bonds. The van der Waals surface area contributed by atoms with E-state index in [1.807, 2.05) is 46.7 Å². The standard InChI is InChI=1S/C27H38F13NO3Si2/c1-20(2,3)45(7,8)43-14-16-11-17(15-44-46(9,10)21(4,5)6)13-18(12-16)19(41-42)22(28,29)23(30,31)24(32,33)25(34,35)26(36,37)27(38,39)40/h11-13,42H,14-15H2,1-10H3/b41-19-. The number of rotatable bonds is 12. The van der Waals surface area contributed by atoms with E-state index in [4.69, 9.17) is 8.85 Å². The molecule has 1 N–H and O–H groups in total. The van der Waals surface area contributed by atoms with Crippen molar-refractivity contribution in [2.45, 2.75) is 127 Å². The molecule has 0 fully saturated rings. The van der Waals surface area contributed by atoms with Crippen molar-refractivity contribution in [2.75, 3.05) is 0 Å². The van der Waals surface area contributed by atoms with Gasteiger partial charge in [0.1, 0.15) is 0 Å². The van der Waals surface area contributed by atoms with E-state index >= 15 is 8.78 Å². The molecule has 0 aliphatic carbocycles. The fourth-order valence-electron chi connectivity index (χ4n) is 3.25. The van der Waals surface area contributed by atoms with Crippen molar-refractivity contribution in [3.63, 3.8) is 0 Å². The highest BCUT2D eigenvalue weighted by Crippen LogP contribution is 2.60. The van der Waals surface area contributed by atoms with Crippen LogP contribution >= 0.6 is 0 Å². The lowest BCUT2D eigenvalue weighted by Gasteiger charge is -2.39. The molecule has 46 heavy (non-hydrogen) atoms. The maximum Gasteiger partial charge on any atom is 0.460 e. The van der Waals surface area contributed by atoms with Crippen molar-refractivity contribution in [1.29, 1.82) is 0 Å². The van der Waals surface area contributed by atoms with Gasteiger partial charge < -0.3 is 14.1 Å². The summed E-state index contributed by atoms with van der Waals surface area (Å²) in [5, 5.41) is 10.4. The zero-order valence-corrected chi connectivity index (χ0v) is 28.8. The maximum absolute atomic E-state index is 15.2. The summed E-state index contributed by atoms with van der Waals surface area (Å²) in [4.78, 5) is 0. The molecule has 268 valence electrons. The molecule has 4 nitrogen and oxygen atoms in total. The second-order valence-corrected chi connectivity index (χ2v) is 23.6.